The minimum Gasteiger partial charge on any atom is -0.356 e. The van der Waals surface area contributed by atoms with Crippen molar-refractivity contribution in [2.75, 3.05) is 6.54 Å². The molecule has 0 aliphatic carbocycles. The van der Waals surface area contributed by atoms with Crippen LogP contribution < -0.4 is 10.9 Å². The van der Waals surface area contributed by atoms with E-state index in [-0.39, 0.29) is 16.9 Å². The predicted octanol–water partition coefficient (Wildman–Crippen LogP) is 2.32. The lowest BCUT2D eigenvalue weighted by Gasteiger charge is -2.21. The lowest BCUT2D eigenvalue weighted by molar-refractivity contribution is -0.129. The molecule has 2 N–H and O–H groups in total. The van der Waals surface area contributed by atoms with Gasteiger partial charge < -0.3 is 10.3 Å². The summed E-state index contributed by atoms with van der Waals surface area (Å²) >= 11 is 0. The number of benzene rings is 1. The SMILES string of the molecule is CCC(C)(C)C(=O)NCCCc1nnc(-c2ccccc2)[nH]c1=O. The number of hydrogen-bond acceptors (Lipinski definition) is 4. The third-order valence-corrected chi connectivity index (χ3v) is 4.19. The lowest BCUT2D eigenvalue weighted by atomic mass is 9.89. The molecule has 0 unspecified atom stereocenters. The molecule has 1 amide bonds. The van der Waals surface area contributed by atoms with E-state index in [2.05, 4.69) is 20.5 Å². The van der Waals surface area contributed by atoms with Crippen molar-refractivity contribution in [2.24, 2.45) is 5.41 Å². The maximum absolute atomic E-state index is 12.1. The molecule has 0 bridgehead atoms. The molecule has 0 atom stereocenters. The van der Waals surface area contributed by atoms with Crippen molar-refractivity contribution in [1.29, 1.82) is 0 Å². The number of carbonyl (C=O) groups is 1. The van der Waals surface area contributed by atoms with Crippen LogP contribution >= 0.6 is 0 Å². The molecule has 128 valence electrons. The van der Waals surface area contributed by atoms with Gasteiger partial charge in [-0.3, -0.25) is 9.59 Å². The van der Waals surface area contributed by atoms with Crippen molar-refractivity contribution in [2.45, 2.75) is 40.0 Å². The Morgan fingerprint density at radius 1 is 1.21 bits per heavy atom. The van der Waals surface area contributed by atoms with Gasteiger partial charge in [-0.25, -0.2) is 0 Å². The monoisotopic (exact) mass is 328 g/mol. The number of nitrogens with one attached hydrogen (secondary N) is 2. The molecule has 0 saturated heterocycles. The molecule has 2 rings (SSSR count). The summed E-state index contributed by atoms with van der Waals surface area (Å²) in [5.74, 6) is 0.492. The number of aryl methyl sites for hydroxylation is 1. The van der Waals surface area contributed by atoms with Gasteiger partial charge >= 0.3 is 0 Å². The van der Waals surface area contributed by atoms with Gasteiger partial charge in [-0.1, -0.05) is 51.1 Å². The minimum atomic E-state index is -0.366. The van der Waals surface area contributed by atoms with Crippen LogP contribution in [0, 0.1) is 5.41 Å². The number of rotatable bonds is 7. The first kappa shape index (κ1) is 17.8. The Hall–Kier alpha value is -2.50. The Morgan fingerprint density at radius 3 is 2.54 bits per heavy atom. The lowest BCUT2D eigenvalue weighted by Crippen LogP contribution is -2.37. The molecule has 0 aliphatic rings. The summed E-state index contributed by atoms with van der Waals surface area (Å²) in [5.41, 5.74) is 0.611. The normalized spacial score (nSPS) is 11.3. The smallest absolute Gasteiger partial charge is 0.273 e. The second kappa shape index (κ2) is 7.86. The summed E-state index contributed by atoms with van der Waals surface area (Å²) in [7, 11) is 0. The topological polar surface area (TPSA) is 87.7 Å². The van der Waals surface area contributed by atoms with Gasteiger partial charge in [-0.15, -0.1) is 10.2 Å². The van der Waals surface area contributed by atoms with Crippen molar-refractivity contribution < 1.29 is 4.79 Å². The van der Waals surface area contributed by atoms with Crippen LogP contribution in [0.3, 0.4) is 0 Å². The van der Waals surface area contributed by atoms with E-state index in [1.54, 1.807) is 0 Å². The zero-order chi connectivity index (χ0) is 17.6. The average molecular weight is 328 g/mol. The van der Waals surface area contributed by atoms with Crippen LogP contribution in [0.15, 0.2) is 35.1 Å². The van der Waals surface area contributed by atoms with Crippen LogP contribution in [-0.2, 0) is 11.2 Å². The van der Waals surface area contributed by atoms with E-state index < -0.39 is 0 Å². The van der Waals surface area contributed by atoms with Crippen LogP contribution in [0.25, 0.3) is 11.4 Å². The van der Waals surface area contributed by atoms with Crippen LogP contribution in [0.4, 0.5) is 0 Å². The van der Waals surface area contributed by atoms with Gasteiger partial charge in [-0.05, 0) is 19.3 Å². The Kier molecular flexibility index (Phi) is 5.84. The number of carbonyl (C=O) groups excluding carboxylic acids is 1. The molecule has 0 fully saturated rings. The summed E-state index contributed by atoms with van der Waals surface area (Å²) in [6, 6.07) is 9.39. The standard InChI is InChI=1S/C18H24N4O2/c1-4-18(2,3)17(24)19-12-8-11-14-16(23)20-15(22-21-14)13-9-6-5-7-10-13/h5-7,9-10H,4,8,11-12H2,1-3H3,(H,19,24)(H,20,22,23). The Morgan fingerprint density at radius 2 is 1.92 bits per heavy atom. The highest BCUT2D eigenvalue weighted by Crippen LogP contribution is 2.19. The molecule has 24 heavy (non-hydrogen) atoms. The van der Waals surface area contributed by atoms with Crippen molar-refractivity contribution in [3.63, 3.8) is 0 Å². The highest BCUT2D eigenvalue weighted by atomic mass is 16.2. The van der Waals surface area contributed by atoms with Crippen LogP contribution in [0.1, 0.15) is 39.3 Å². The van der Waals surface area contributed by atoms with Crippen molar-refractivity contribution in [1.82, 2.24) is 20.5 Å². The van der Waals surface area contributed by atoms with E-state index in [0.717, 1.165) is 12.0 Å². The molecule has 1 aromatic heterocycles. The van der Waals surface area contributed by atoms with Crippen LogP contribution in [0.2, 0.25) is 0 Å². The van der Waals surface area contributed by atoms with E-state index in [1.807, 2.05) is 51.1 Å². The molecule has 6 heteroatoms. The third-order valence-electron chi connectivity index (χ3n) is 4.19. The fourth-order valence-electron chi connectivity index (χ4n) is 2.11. The summed E-state index contributed by atoms with van der Waals surface area (Å²) in [6.07, 6.45) is 1.91. The second-order valence-electron chi connectivity index (χ2n) is 6.41. The first-order valence-corrected chi connectivity index (χ1v) is 8.23. The predicted molar refractivity (Wildman–Crippen MR) is 93.5 cm³/mol. The zero-order valence-electron chi connectivity index (χ0n) is 14.4. The Bertz CT molecular complexity index is 738. The highest BCUT2D eigenvalue weighted by molar-refractivity contribution is 5.81. The Labute approximate surface area is 141 Å². The summed E-state index contributed by atoms with van der Waals surface area (Å²) in [4.78, 5) is 26.8. The van der Waals surface area contributed by atoms with Gasteiger partial charge in [0.1, 0.15) is 5.69 Å². The van der Waals surface area contributed by atoms with E-state index in [1.165, 1.54) is 0 Å². The number of aromatic amines is 1. The number of aromatic nitrogens is 3. The van der Waals surface area contributed by atoms with E-state index in [9.17, 15) is 9.59 Å². The maximum Gasteiger partial charge on any atom is 0.273 e. The number of nitrogens with zero attached hydrogens (tertiary/aromatic N) is 2. The van der Waals surface area contributed by atoms with Gasteiger partial charge in [0.2, 0.25) is 5.91 Å². The molecule has 0 aliphatic heterocycles. The van der Waals surface area contributed by atoms with Crippen molar-refractivity contribution in [3.8, 4) is 11.4 Å². The van der Waals surface area contributed by atoms with E-state index in [4.69, 9.17) is 0 Å². The maximum atomic E-state index is 12.1. The van der Waals surface area contributed by atoms with Crippen molar-refractivity contribution >= 4 is 5.91 Å². The largest absolute Gasteiger partial charge is 0.356 e. The summed E-state index contributed by atoms with van der Waals surface area (Å²) < 4.78 is 0. The van der Waals surface area contributed by atoms with E-state index >= 15 is 0 Å². The number of amides is 1. The van der Waals surface area contributed by atoms with Crippen molar-refractivity contribution in [3.05, 3.63) is 46.4 Å². The second-order valence-corrected chi connectivity index (χ2v) is 6.41. The van der Waals surface area contributed by atoms with E-state index in [0.29, 0.717) is 30.9 Å². The molecule has 2 aromatic rings. The first-order valence-electron chi connectivity index (χ1n) is 8.23. The Balaban J connectivity index is 1.90. The summed E-state index contributed by atoms with van der Waals surface area (Å²) in [6.45, 7) is 6.34. The average Bonchev–Trinajstić information content (AvgIpc) is 2.60. The molecule has 1 aromatic carbocycles. The molecule has 6 nitrogen and oxygen atoms in total. The molecular formula is C18H24N4O2. The highest BCUT2D eigenvalue weighted by Gasteiger charge is 2.24. The fraction of sp³-hybridized carbons (Fsp3) is 0.444. The first-order chi connectivity index (χ1) is 11.4. The minimum absolute atomic E-state index is 0.0319. The fourth-order valence-corrected chi connectivity index (χ4v) is 2.11. The molecule has 1 heterocycles. The quantitative estimate of drug-likeness (QED) is 0.764. The van der Waals surface area contributed by atoms with Gasteiger partial charge in [0, 0.05) is 17.5 Å². The number of hydrogen-bond donors (Lipinski definition) is 2. The van der Waals surface area contributed by atoms with Gasteiger partial charge in [0.05, 0.1) is 0 Å². The molecule has 0 radical (unpaired) electrons. The zero-order valence-corrected chi connectivity index (χ0v) is 14.4. The summed E-state index contributed by atoms with van der Waals surface area (Å²) in [5, 5.41) is 11.0. The van der Waals surface area contributed by atoms with Gasteiger partial charge in [0.25, 0.3) is 5.56 Å². The van der Waals surface area contributed by atoms with Crippen LogP contribution in [-0.4, -0.2) is 27.6 Å². The molecule has 0 spiro atoms. The molecular weight excluding hydrogens is 304 g/mol. The van der Waals surface area contributed by atoms with Crippen LogP contribution in [0.5, 0.6) is 0 Å². The van der Waals surface area contributed by atoms with Gasteiger partial charge in [-0.2, -0.15) is 0 Å². The number of H-pyrrole nitrogens is 1. The van der Waals surface area contributed by atoms with Gasteiger partial charge in [0.15, 0.2) is 5.82 Å². The molecule has 0 saturated carbocycles. The third kappa shape index (κ3) is 4.50.